The van der Waals surface area contributed by atoms with Crippen molar-refractivity contribution in [2.45, 2.75) is 27.2 Å². The van der Waals surface area contributed by atoms with E-state index in [1.165, 1.54) is 6.07 Å². The number of nitrogens with zero attached hydrogens (tertiary/aromatic N) is 1. The van der Waals surface area contributed by atoms with Gasteiger partial charge in [-0.15, -0.1) is 0 Å². The lowest BCUT2D eigenvalue weighted by Crippen LogP contribution is -2.36. The summed E-state index contributed by atoms with van der Waals surface area (Å²) in [5.41, 5.74) is 6.74. The van der Waals surface area contributed by atoms with E-state index >= 15 is 0 Å². The van der Waals surface area contributed by atoms with E-state index < -0.39 is 0 Å². The number of rotatable bonds is 6. The number of carbonyl (C=O) groups is 1. The molecule has 0 saturated carbocycles. The van der Waals surface area contributed by atoms with Crippen LogP contribution >= 0.6 is 12.2 Å². The Morgan fingerprint density at radius 1 is 1.45 bits per heavy atom. The van der Waals surface area contributed by atoms with Crippen molar-refractivity contribution in [3.63, 3.8) is 0 Å². The lowest BCUT2D eigenvalue weighted by atomic mass is 10.1. The number of phenols is 1. The summed E-state index contributed by atoms with van der Waals surface area (Å²) in [6, 6.07) is 4.97. The van der Waals surface area contributed by atoms with Crippen LogP contribution < -0.4 is 5.73 Å². The maximum Gasteiger partial charge on any atom is 0.254 e. The number of thiocarbonyl (C=S) groups is 1. The van der Waals surface area contributed by atoms with Gasteiger partial charge in [0.15, 0.2) is 0 Å². The minimum absolute atomic E-state index is 0.106. The summed E-state index contributed by atoms with van der Waals surface area (Å²) in [7, 11) is 0. The molecule has 3 N–H and O–H groups in total. The number of hydrogen-bond acceptors (Lipinski definition) is 3. The van der Waals surface area contributed by atoms with Crippen LogP contribution in [-0.2, 0) is 0 Å². The fourth-order valence-corrected chi connectivity index (χ4v) is 1.98. The Kier molecular flexibility index (Phi) is 5.95. The number of carbonyl (C=O) groups excluding carboxylic acids is 1. The Hall–Kier alpha value is -1.62. The van der Waals surface area contributed by atoms with Gasteiger partial charge in [0.05, 0.1) is 4.99 Å². The Bertz CT molecular complexity index is 501. The number of aromatic hydroxyl groups is 1. The molecule has 0 aromatic heterocycles. The molecule has 1 aromatic rings. The van der Waals surface area contributed by atoms with Crippen molar-refractivity contribution < 1.29 is 9.90 Å². The second kappa shape index (κ2) is 7.24. The molecule has 0 aliphatic carbocycles. The molecule has 110 valence electrons. The van der Waals surface area contributed by atoms with Crippen molar-refractivity contribution in [2.24, 2.45) is 11.7 Å². The quantitative estimate of drug-likeness (QED) is 0.791. The number of amides is 1. The van der Waals surface area contributed by atoms with Crippen LogP contribution in [0.15, 0.2) is 18.2 Å². The van der Waals surface area contributed by atoms with Crippen LogP contribution in [0.25, 0.3) is 0 Å². The zero-order valence-corrected chi connectivity index (χ0v) is 13.0. The third kappa shape index (κ3) is 4.81. The van der Waals surface area contributed by atoms with Gasteiger partial charge in [-0.1, -0.05) is 32.1 Å². The molecule has 20 heavy (non-hydrogen) atoms. The van der Waals surface area contributed by atoms with Gasteiger partial charge in [0.2, 0.25) is 0 Å². The first-order chi connectivity index (χ1) is 9.31. The summed E-state index contributed by atoms with van der Waals surface area (Å²) in [6.07, 6.45) is 0.506. The highest BCUT2D eigenvalue weighted by Crippen LogP contribution is 2.19. The molecular formula is C15H22N2O2S. The molecule has 0 fully saturated rings. The molecule has 0 atom stereocenters. The van der Waals surface area contributed by atoms with E-state index in [4.69, 9.17) is 18.0 Å². The van der Waals surface area contributed by atoms with E-state index in [1.54, 1.807) is 24.0 Å². The SMILES string of the molecule is Cc1ccc(C(=O)N(CCC(N)=S)CC(C)C)cc1O. The largest absolute Gasteiger partial charge is 0.508 e. The highest BCUT2D eigenvalue weighted by atomic mass is 32.1. The Morgan fingerprint density at radius 2 is 2.10 bits per heavy atom. The molecule has 0 aliphatic rings. The summed E-state index contributed by atoms with van der Waals surface area (Å²) in [4.78, 5) is 14.6. The van der Waals surface area contributed by atoms with Gasteiger partial charge in [-0.2, -0.15) is 0 Å². The van der Waals surface area contributed by atoms with Crippen LogP contribution in [0.1, 0.15) is 36.2 Å². The van der Waals surface area contributed by atoms with E-state index in [-0.39, 0.29) is 11.7 Å². The predicted molar refractivity (Wildman–Crippen MR) is 85.0 cm³/mol. The highest BCUT2D eigenvalue weighted by Gasteiger charge is 2.17. The molecule has 0 saturated heterocycles. The van der Waals surface area contributed by atoms with Crippen molar-refractivity contribution >= 4 is 23.1 Å². The van der Waals surface area contributed by atoms with Crippen molar-refractivity contribution in [2.75, 3.05) is 13.1 Å². The summed E-state index contributed by atoms with van der Waals surface area (Å²) in [6.45, 7) is 7.03. The molecule has 0 unspecified atom stereocenters. The van der Waals surface area contributed by atoms with Gasteiger partial charge in [-0.3, -0.25) is 4.79 Å². The second-order valence-electron chi connectivity index (χ2n) is 5.36. The van der Waals surface area contributed by atoms with Crippen LogP contribution in [0.4, 0.5) is 0 Å². The van der Waals surface area contributed by atoms with Crippen LogP contribution in [0.3, 0.4) is 0 Å². The Labute approximate surface area is 125 Å². The van der Waals surface area contributed by atoms with Crippen LogP contribution in [-0.4, -0.2) is 34.0 Å². The third-order valence-corrected chi connectivity index (χ3v) is 3.16. The summed E-state index contributed by atoms with van der Waals surface area (Å²) < 4.78 is 0. The smallest absolute Gasteiger partial charge is 0.254 e. The van der Waals surface area contributed by atoms with Gasteiger partial charge in [0.1, 0.15) is 5.75 Å². The zero-order chi connectivity index (χ0) is 15.3. The van der Waals surface area contributed by atoms with Crippen LogP contribution in [0, 0.1) is 12.8 Å². The minimum atomic E-state index is -0.106. The topological polar surface area (TPSA) is 66.6 Å². The van der Waals surface area contributed by atoms with Gasteiger partial charge < -0.3 is 15.7 Å². The predicted octanol–water partition coefficient (Wildman–Crippen LogP) is 2.48. The maximum absolute atomic E-state index is 12.5. The zero-order valence-electron chi connectivity index (χ0n) is 12.2. The molecule has 5 heteroatoms. The molecule has 4 nitrogen and oxygen atoms in total. The maximum atomic E-state index is 12.5. The lowest BCUT2D eigenvalue weighted by Gasteiger charge is -2.24. The number of hydrogen-bond donors (Lipinski definition) is 2. The van der Waals surface area contributed by atoms with Gasteiger partial charge in [0.25, 0.3) is 5.91 Å². The molecule has 0 heterocycles. The van der Waals surface area contributed by atoms with Crippen LogP contribution in [0.5, 0.6) is 5.75 Å². The minimum Gasteiger partial charge on any atom is -0.508 e. The first-order valence-corrected chi connectivity index (χ1v) is 7.09. The van der Waals surface area contributed by atoms with Gasteiger partial charge in [-0.25, -0.2) is 0 Å². The van der Waals surface area contributed by atoms with Gasteiger partial charge in [-0.05, 0) is 30.5 Å². The number of phenolic OH excluding ortho intramolecular Hbond substituents is 1. The van der Waals surface area contributed by atoms with E-state index in [0.717, 1.165) is 5.56 Å². The average molecular weight is 294 g/mol. The Balaban J connectivity index is 2.90. The normalized spacial score (nSPS) is 10.6. The van der Waals surface area contributed by atoms with E-state index in [0.29, 0.717) is 36.0 Å². The average Bonchev–Trinajstić information content (AvgIpc) is 2.36. The van der Waals surface area contributed by atoms with Crippen molar-refractivity contribution in [3.05, 3.63) is 29.3 Å². The van der Waals surface area contributed by atoms with Crippen molar-refractivity contribution in [1.82, 2.24) is 4.90 Å². The standard InChI is InChI=1S/C15H22N2O2S/c1-10(2)9-17(7-6-14(16)20)15(19)12-5-4-11(3)13(18)8-12/h4-5,8,10,18H,6-7,9H2,1-3H3,(H2,16,20). The molecule has 0 aliphatic heterocycles. The summed E-state index contributed by atoms with van der Waals surface area (Å²) >= 11 is 4.87. The van der Waals surface area contributed by atoms with E-state index in [9.17, 15) is 9.90 Å². The molecule has 1 rings (SSSR count). The summed E-state index contributed by atoms with van der Waals surface area (Å²) in [5, 5.41) is 9.72. The molecule has 0 bridgehead atoms. The van der Waals surface area contributed by atoms with E-state index in [2.05, 4.69) is 0 Å². The van der Waals surface area contributed by atoms with Crippen LogP contribution in [0.2, 0.25) is 0 Å². The molecule has 1 amide bonds. The van der Waals surface area contributed by atoms with Crippen molar-refractivity contribution in [1.29, 1.82) is 0 Å². The number of aryl methyl sites for hydroxylation is 1. The number of nitrogens with two attached hydrogens (primary N) is 1. The molecule has 1 aromatic carbocycles. The van der Waals surface area contributed by atoms with Crippen molar-refractivity contribution in [3.8, 4) is 5.75 Å². The number of benzene rings is 1. The van der Waals surface area contributed by atoms with Gasteiger partial charge >= 0.3 is 0 Å². The lowest BCUT2D eigenvalue weighted by molar-refractivity contribution is 0.0740. The second-order valence-corrected chi connectivity index (χ2v) is 5.89. The molecule has 0 spiro atoms. The highest BCUT2D eigenvalue weighted by molar-refractivity contribution is 7.80. The molecular weight excluding hydrogens is 272 g/mol. The van der Waals surface area contributed by atoms with Gasteiger partial charge in [0, 0.05) is 25.1 Å². The first-order valence-electron chi connectivity index (χ1n) is 6.68. The first kappa shape index (κ1) is 16.4. The third-order valence-electron chi connectivity index (χ3n) is 2.96. The molecule has 0 radical (unpaired) electrons. The summed E-state index contributed by atoms with van der Waals surface area (Å²) in [5.74, 6) is 0.379. The fraction of sp³-hybridized carbons (Fsp3) is 0.467. The van der Waals surface area contributed by atoms with E-state index in [1.807, 2.05) is 13.8 Å². The monoisotopic (exact) mass is 294 g/mol. The fourth-order valence-electron chi connectivity index (χ4n) is 1.89. The Morgan fingerprint density at radius 3 is 2.60 bits per heavy atom.